The number of barbiturate groups is 1. The standard InChI is InChI=1S/C23H24FN5O7/c1-10-9-28-16-12(8-23(18(28)11(2)35-10)20(31)25-22(33)26-21(23)32)7-13-15(27-36-17(13)14(16)24)19(30)29-5-3-4-6-34-29/h7,10-11,18H,3-6,8-9H2,1-2H3,(H2,25,26,31,32,33)/t10-,11+,18-/m0/s1. The van der Waals surface area contributed by atoms with Gasteiger partial charge in [-0.1, -0.05) is 5.16 Å². The van der Waals surface area contributed by atoms with Crippen LogP contribution in [-0.4, -0.2) is 71.9 Å². The first kappa shape index (κ1) is 22.9. The molecule has 0 radical (unpaired) electrons. The van der Waals surface area contributed by atoms with Crippen LogP contribution in [0.15, 0.2) is 10.6 Å². The zero-order valence-electron chi connectivity index (χ0n) is 19.6. The number of halogens is 1. The molecule has 6 rings (SSSR count). The Hall–Kier alpha value is -3.58. The van der Waals surface area contributed by atoms with Gasteiger partial charge in [0, 0.05) is 19.5 Å². The van der Waals surface area contributed by atoms with E-state index in [0.717, 1.165) is 12.8 Å². The van der Waals surface area contributed by atoms with Crippen molar-refractivity contribution in [3.8, 4) is 0 Å². The average molecular weight is 501 g/mol. The van der Waals surface area contributed by atoms with Crippen LogP contribution in [0.5, 0.6) is 0 Å². The molecule has 12 nitrogen and oxygen atoms in total. The first-order valence-corrected chi connectivity index (χ1v) is 11.9. The number of fused-ring (bicyclic) bond motifs is 5. The number of anilines is 1. The Balaban J connectivity index is 1.53. The zero-order chi connectivity index (χ0) is 25.4. The number of benzene rings is 1. The molecule has 0 unspecified atom stereocenters. The van der Waals surface area contributed by atoms with Crippen molar-refractivity contribution in [3.05, 3.63) is 23.1 Å². The van der Waals surface area contributed by atoms with E-state index in [9.17, 15) is 19.2 Å². The number of imide groups is 2. The summed E-state index contributed by atoms with van der Waals surface area (Å²) >= 11 is 0. The highest BCUT2D eigenvalue weighted by molar-refractivity contribution is 6.20. The number of hydrogen-bond donors (Lipinski definition) is 2. The lowest BCUT2D eigenvalue weighted by Gasteiger charge is -2.55. The summed E-state index contributed by atoms with van der Waals surface area (Å²) in [4.78, 5) is 58.6. The minimum absolute atomic E-state index is 0.112. The number of amides is 5. The molecule has 13 heteroatoms. The number of hydroxylamine groups is 2. The maximum absolute atomic E-state index is 16.1. The molecule has 5 heterocycles. The second-order valence-corrected chi connectivity index (χ2v) is 9.69. The van der Waals surface area contributed by atoms with E-state index in [-0.39, 0.29) is 41.4 Å². The van der Waals surface area contributed by atoms with Gasteiger partial charge in [0.2, 0.25) is 17.4 Å². The lowest BCUT2D eigenvalue weighted by atomic mass is 9.66. The molecule has 1 aromatic carbocycles. The highest BCUT2D eigenvalue weighted by Gasteiger charge is 2.63. The molecule has 1 aromatic heterocycles. The van der Waals surface area contributed by atoms with E-state index in [1.54, 1.807) is 18.7 Å². The average Bonchev–Trinajstić information content (AvgIpc) is 3.26. The van der Waals surface area contributed by atoms with Gasteiger partial charge in [-0.2, -0.15) is 0 Å². The number of carbonyl (C=O) groups is 4. The molecule has 3 fully saturated rings. The lowest BCUT2D eigenvalue weighted by molar-refractivity contribution is -0.153. The van der Waals surface area contributed by atoms with E-state index in [2.05, 4.69) is 15.8 Å². The molecule has 4 aliphatic heterocycles. The Bertz CT molecular complexity index is 1300. The molecule has 2 N–H and O–H groups in total. The van der Waals surface area contributed by atoms with Crippen LogP contribution >= 0.6 is 0 Å². The maximum Gasteiger partial charge on any atom is 0.328 e. The van der Waals surface area contributed by atoms with Crippen molar-refractivity contribution >= 4 is 40.4 Å². The highest BCUT2D eigenvalue weighted by atomic mass is 19.1. The van der Waals surface area contributed by atoms with Crippen LogP contribution < -0.4 is 15.5 Å². The molecule has 36 heavy (non-hydrogen) atoms. The third-order valence-electron chi connectivity index (χ3n) is 7.40. The van der Waals surface area contributed by atoms with Gasteiger partial charge >= 0.3 is 6.03 Å². The van der Waals surface area contributed by atoms with Crippen LogP contribution in [0, 0.1) is 11.2 Å². The van der Waals surface area contributed by atoms with Crippen molar-refractivity contribution in [3.63, 3.8) is 0 Å². The van der Waals surface area contributed by atoms with Crippen LogP contribution in [-0.2, 0) is 25.6 Å². The van der Waals surface area contributed by atoms with Crippen molar-refractivity contribution in [2.75, 3.05) is 24.6 Å². The number of rotatable bonds is 1. The first-order valence-electron chi connectivity index (χ1n) is 11.9. The van der Waals surface area contributed by atoms with E-state index in [1.807, 2.05) is 0 Å². The maximum atomic E-state index is 16.1. The number of aromatic nitrogens is 1. The van der Waals surface area contributed by atoms with Crippen LogP contribution in [0.1, 0.15) is 42.7 Å². The summed E-state index contributed by atoms with van der Waals surface area (Å²) < 4.78 is 27.3. The van der Waals surface area contributed by atoms with Crippen molar-refractivity contribution in [2.45, 2.75) is 51.4 Å². The molecule has 1 spiro atoms. The van der Waals surface area contributed by atoms with E-state index in [0.29, 0.717) is 18.7 Å². The van der Waals surface area contributed by atoms with Crippen molar-refractivity contribution in [2.24, 2.45) is 5.41 Å². The summed E-state index contributed by atoms with van der Waals surface area (Å²) in [5.41, 5.74) is -1.63. The minimum atomic E-state index is -1.77. The number of morpholine rings is 1. The Labute approximate surface area is 204 Å². The molecule has 3 atom stereocenters. The zero-order valence-corrected chi connectivity index (χ0v) is 19.6. The number of nitrogens with zero attached hydrogens (tertiary/aromatic N) is 3. The van der Waals surface area contributed by atoms with E-state index < -0.39 is 47.1 Å². The highest BCUT2D eigenvalue weighted by Crippen LogP contribution is 2.49. The summed E-state index contributed by atoms with van der Waals surface area (Å²) in [5.74, 6) is -2.89. The van der Waals surface area contributed by atoms with Crippen molar-refractivity contribution in [1.29, 1.82) is 0 Å². The molecular weight excluding hydrogens is 477 g/mol. The minimum Gasteiger partial charge on any atom is -0.372 e. The Morgan fingerprint density at radius 2 is 1.94 bits per heavy atom. The largest absolute Gasteiger partial charge is 0.372 e. The predicted molar refractivity (Wildman–Crippen MR) is 119 cm³/mol. The molecule has 2 aromatic rings. The Kier molecular flexibility index (Phi) is 5.06. The van der Waals surface area contributed by atoms with Crippen LogP contribution in [0.4, 0.5) is 14.9 Å². The first-order chi connectivity index (χ1) is 17.2. The predicted octanol–water partition coefficient (Wildman–Crippen LogP) is 1.03. The molecule has 0 aliphatic carbocycles. The van der Waals surface area contributed by atoms with Gasteiger partial charge in [0.25, 0.3) is 5.91 Å². The summed E-state index contributed by atoms with van der Waals surface area (Å²) in [6.45, 7) is 4.44. The Morgan fingerprint density at radius 1 is 1.19 bits per heavy atom. The smallest absolute Gasteiger partial charge is 0.328 e. The number of nitrogens with one attached hydrogen (secondary N) is 2. The molecule has 4 aliphatic rings. The molecule has 3 saturated heterocycles. The summed E-state index contributed by atoms with van der Waals surface area (Å²) in [6, 6.07) is -0.283. The normalized spacial score (nSPS) is 27.5. The van der Waals surface area contributed by atoms with Gasteiger partial charge in [0.05, 0.1) is 35.9 Å². The van der Waals surface area contributed by atoms with Crippen molar-refractivity contribution < 1.29 is 37.7 Å². The van der Waals surface area contributed by atoms with Gasteiger partial charge in [0.1, 0.15) is 0 Å². The molecule has 0 saturated carbocycles. The fraction of sp³-hybridized carbons (Fsp3) is 0.522. The van der Waals surface area contributed by atoms with Crippen LogP contribution in [0.25, 0.3) is 11.0 Å². The summed E-state index contributed by atoms with van der Waals surface area (Å²) in [6.07, 6.45) is 0.365. The van der Waals surface area contributed by atoms with Gasteiger partial charge in [-0.05, 0) is 38.3 Å². The molecule has 190 valence electrons. The molecule has 0 bridgehead atoms. The molecule has 5 amide bonds. The third-order valence-corrected chi connectivity index (χ3v) is 7.40. The lowest BCUT2D eigenvalue weighted by Crippen LogP contribution is -2.75. The van der Waals surface area contributed by atoms with Crippen molar-refractivity contribution in [1.82, 2.24) is 20.9 Å². The van der Waals surface area contributed by atoms with E-state index in [1.165, 1.54) is 11.1 Å². The summed E-state index contributed by atoms with van der Waals surface area (Å²) in [5, 5.41) is 9.52. The van der Waals surface area contributed by atoms with E-state index >= 15 is 4.39 Å². The van der Waals surface area contributed by atoms with Crippen LogP contribution in [0.3, 0.4) is 0 Å². The van der Waals surface area contributed by atoms with Gasteiger partial charge < -0.3 is 14.2 Å². The van der Waals surface area contributed by atoms with Gasteiger partial charge in [-0.3, -0.25) is 29.9 Å². The Morgan fingerprint density at radius 3 is 2.64 bits per heavy atom. The number of urea groups is 1. The second kappa shape index (κ2) is 7.96. The SMILES string of the molecule is C[C@H]1CN2c3c(cc4c(C(=O)N5CCCCO5)noc4c3F)CC3(C(=O)NC(=O)NC3=O)[C@@H]2[C@@H](C)O1. The quantitative estimate of drug-likeness (QED) is 0.548. The number of ether oxygens (including phenoxy) is 1. The van der Waals surface area contributed by atoms with Crippen LogP contribution in [0.2, 0.25) is 0 Å². The fourth-order valence-electron chi connectivity index (χ4n) is 5.98. The second-order valence-electron chi connectivity index (χ2n) is 9.69. The number of hydrogen-bond acceptors (Lipinski definition) is 9. The monoisotopic (exact) mass is 501 g/mol. The third kappa shape index (κ3) is 3.08. The van der Waals surface area contributed by atoms with Gasteiger partial charge in [0.15, 0.2) is 16.9 Å². The van der Waals surface area contributed by atoms with Gasteiger partial charge in [-0.15, -0.1) is 0 Å². The van der Waals surface area contributed by atoms with E-state index in [4.69, 9.17) is 14.1 Å². The summed E-state index contributed by atoms with van der Waals surface area (Å²) in [7, 11) is 0. The topological polar surface area (TPSA) is 143 Å². The van der Waals surface area contributed by atoms with Gasteiger partial charge in [-0.25, -0.2) is 14.2 Å². The molecular formula is C23H24FN5O7. The fourth-order valence-corrected chi connectivity index (χ4v) is 5.98. The number of carbonyl (C=O) groups excluding carboxylic acids is 4.